The van der Waals surface area contributed by atoms with E-state index < -0.39 is 15.8 Å². The van der Waals surface area contributed by atoms with E-state index in [0.717, 1.165) is 6.07 Å². The highest BCUT2D eigenvalue weighted by Crippen LogP contribution is 2.28. The highest BCUT2D eigenvalue weighted by Gasteiger charge is 2.16. The molecule has 0 amide bonds. The van der Waals surface area contributed by atoms with Gasteiger partial charge in [0.05, 0.1) is 27.2 Å². The Morgan fingerprint density at radius 1 is 1.24 bits per heavy atom. The molecule has 0 heterocycles. The van der Waals surface area contributed by atoms with Crippen LogP contribution < -0.4 is 9.46 Å². The number of ether oxygens (including phenoxy) is 1. The fourth-order valence-electron chi connectivity index (χ4n) is 1.59. The normalized spacial score (nSPS) is 11.2. The lowest BCUT2D eigenvalue weighted by Crippen LogP contribution is -2.13. The molecule has 21 heavy (non-hydrogen) atoms. The molecule has 0 aliphatic heterocycles. The van der Waals surface area contributed by atoms with Gasteiger partial charge >= 0.3 is 0 Å². The third kappa shape index (κ3) is 3.66. The molecule has 2 aromatic rings. The maximum Gasteiger partial charge on any atom is 0.261 e. The van der Waals surface area contributed by atoms with Gasteiger partial charge in [0.2, 0.25) is 0 Å². The summed E-state index contributed by atoms with van der Waals surface area (Å²) in [6.07, 6.45) is 0. The summed E-state index contributed by atoms with van der Waals surface area (Å²) in [5.74, 6) is -0.236. The van der Waals surface area contributed by atoms with Crippen LogP contribution in [0.3, 0.4) is 0 Å². The van der Waals surface area contributed by atoms with Gasteiger partial charge in [-0.3, -0.25) is 4.72 Å². The molecule has 0 saturated heterocycles. The van der Waals surface area contributed by atoms with Crippen LogP contribution in [-0.2, 0) is 10.0 Å². The molecule has 112 valence electrons. The summed E-state index contributed by atoms with van der Waals surface area (Å²) in [7, 11) is -2.45. The van der Waals surface area contributed by atoms with E-state index in [1.54, 1.807) is 0 Å². The first-order chi connectivity index (χ1) is 9.83. The van der Waals surface area contributed by atoms with Crippen molar-refractivity contribution < 1.29 is 17.5 Å². The summed E-state index contributed by atoms with van der Waals surface area (Å²) < 4.78 is 45.3. The predicted molar refractivity (Wildman–Crippen MR) is 82.9 cm³/mol. The van der Waals surface area contributed by atoms with E-state index in [9.17, 15) is 12.8 Å². The molecule has 0 spiro atoms. The molecule has 0 radical (unpaired) electrons. The first kappa shape index (κ1) is 16.1. The SMILES string of the molecule is COc1ccc(NS(=O)(=O)c2ccc(Br)c(F)c2)cc1Cl. The number of halogens is 3. The van der Waals surface area contributed by atoms with E-state index in [1.165, 1.54) is 37.4 Å². The Labute approximate surface area is 135 Å². The Hall–Kier alpha value is -1.31. The number of hydrogen-bond donors (Lipinski definition) is 1. The van der Waals surface area contributed by atoms with Crippen LogP contribution in [0.25, 0.3) is 0 Å². The molecule has 2 rings (SSSR count). The molecular weight excluding hydrogens is 385 g/mol. The molecular formula is C13H10BrClFNO3S. The van der Waals surface area contributed by atoms with E-state index in [1.807, 2.05) is 0 Å². The smallest absolute Gasteiger partial charge is 0.261 e. The molecule has 0 fully saturated rings. The summed E-state index contributed by atoms with van der Waals surface area (Å²) in [5, 5.41) is 0.264. The Kier molecular flexibility index (Phi) is 4.75. The van der Waals surface area contributed by atoms with Crippen molar-refractivity contribution in [3.05, 3.63) is 51.7 Å². The van der Waals surface area contributed by atoms with Crippen LogP contribution in [0.15, 0.2) is 45.8 Å². The van der Waals surface area contributed by atoms with Crippen molar-refractivity contribution in [3.63, 3.8) is 0 Å². The van der Waals surface area contributed by atoms with Crippen LogP contribution in [0.5, 0.6) is 5.75 Å². The summed E-state index contributed by atoms with van der Waals surface area (Å²) in [4.78, 5) is -0.185. The number of anilines is 1. The number of sulfonamides is 1. The Morgan fingerprint density at radius 2 is 1.95 bits per heavy atom. The Balaban J connectivity index is 2.32. The minimum Gasteiger partial charge on any atom is -0.495 e. The second-order valence-electron chi connectivity index (χ2n) is 4.03. The number of hydrogen-bond acceptors (Lipinski definition) is 3. The molecule has 2 aromatic carbocycles. The van der Waals surface area contributed by atoms with Crippen molar-refractivity contribution in [1.82, 2.24) is 0 Å². The van der Waals surface area contributed by atoms with Crippen molar-refractivity contribution in [2.45, 2.75) is 4.90 Å². The van der Waals surface area contributed by atoms with Gasteiger partial charge in [0.15, 0.2) is 0 Å². The van der Waals surface area contributed by atoms with Crippen molar-refractivity contribution in [2.75, 3.05) is 11.8 Å². The number of nitrogens with one attached hydrogen (secondary N) is 1. The molecule has 0 unspecified atom stereocenters. The van der Waals surface area contributed by atoms with Crippen LogP contribution in [0.1, 0.15) is 0 Å². The number of benzene rings is 2. The fourth-order valence-corrected chi connectivity index (χ4v) is 3.15. The minimum absolute atomic E-state index is 0.185. The average molecular weight is 395 g/mol. The lowest BCUT2D eigenvalue weighted by atomic mass is 10.3. The van der Waals surface area contributed by atoms with Gasteiger partial charge in [-0.2, -0.15) is 0 Å². The van der Waals surface area contributed by atoms with Gasteiger partial charge in [0.25, 0.3) is 10.0 Å². The van der Waals surface area contributed by atoms with E-state index >= 15 is 0 Å². The molecule has 0 saturated carbocycles. The second kappa shape index (κ2) is 6.21. The largest absolute Gasteiger partial charge is 0.495 e. The molecule has 0 aromatic heterocycles. The van der Waals surface area contributed by atoms with E-state index in [4.69, 9.17) is 16.3 Å². The zero-order valence-corrected chi connectivity index (χ0v) is 13.9. The Bertz CT molecular complexity index is 783. The van der Waals surface area contributed by atoms with E-state index in [2.05, 4.69) is 20.7 Å². The van der Waals surface area contributed by atoms with Crippen molar-refractivity contribution in [1.29, 1.82) is 0 Å². The van der Waals surface area contributed by atoms with Gasteiger partial charge in [0.1, 0.15) is 11.6 Å². The van der Waals surface area contributed by atoms with Crippen LogP contribution >= 0.6 is 27.5 Å². The van der Waals surface area contributed by atoms with Gasteiger partial charge in [-0.15, -0.1) is 0 Å². The molecule has 4 nitrogen and oxygen atoms in total. The minimum atomic E-state index is -3.90. The van der Waals surface area contributed by atoms with Gasteiger partial charge in [-0.05, 0) is 52.3 Å². The van der Waals surface area contributed by atoms with Gasteiger partial charge in [-0.1, -0.05) is 11.6 Å². The molecule has 0 aliphatic rings. The van der Waals surface area contributed by atoms with Crippen molar-refractivity contribution >= 4 is 43.2 Å². The zero-order valence-electron chi connectivity index (χ0n) is 10.7. The standard InChI is InChI=1S/C13H10BrClFNO3S/c1-20-13-5-2-8(6-11(13)15)17-21(18,19)9-3-4-10(14)12(16)7-9/h2-7,17H,1H3. The third-order valence-corrected chi connectivity index (χ3v) is 4.92. The first-order valence-electron chi connectivity index (χ1n) is 5.65. The van der Waals surface area contributed by atoms with Crippen LogP contribution in [0, 0.1) is 5.82 Å². The molecule has 8 heteroatoms. The topological polar surface area (TPSA) is 55.4 Å². The summed E-state index contributed by atoms with van der Waals surface area (Å²) in [6.45, 7) is 0. The summed E-state index contributed by atoms with van der Waals surface area (Å²) >= 11 is 8.89. The third-order valence-electron chi connectivity index (χ3n) is 2.61. The fraction of sp³-hybridized carbons (Fsp3) is 0.0769. The zero-order chi connectivity index (χ0) is 15.6. The van der Waals surface area contributed by atoms with E-state index in [0.29, 0.717) is 5.75 Å². The average Bonchev–Trinajstić information content (AvgIpc) is 2.41. The van der Waals surface area contributed by atoms with Crippen LogP contribution in [-0.4, -0.2) is 15.5 Å². The maximum atomic E-state index is 13.4. The number of rotatable bonds is 4. The van der Waals surface area contributed by atoms with Crippen molar-refractivity contribution in [3.8, 4) is 5.75 Å². The second-order valence-corrected chi connectivity index (χ2v) is 6.97. The monoisotopic (exact) mass is 393 g/mol. The lowest BCUT2D eigenvalue weighted by molar-refractivity contribution is 0.415. The number of methoxy groups -OCH3 is 1. The summed E-state index contributed by atoms with van der Waals surface area (Å²) in [5.41, 5.74) is 0.254. The Morgan fingerprint density at radius 3 is 2.52 bits per heavy atom. The maximum absolute atomic E-state index is 13.4. The van der Waals surface area contributed by atoms with Gasteiger partial charge < -0.3 is 4.74 Å². The summed E-state index contributed by atoms with van der Waals surface area (Å²) in [6, 6.07) is 7.98. The molecule has 0 aliphatic carbocycles. The highest BCUT2D eigenvalue weighted by atomic mass is 79.9. The highest BCUT2D eigenvalue weighted by molar-refractivity contribution is 9.10. The quantitative estimate of drug-likeness (QED) is 0.851. The van der Waals surface area contributed by atoms with Crippen molar-refractivity contribution in [2.24, 2.45) is 0 Å². The molecule has 0 bridgehead atoms. The lowest BCUT2D eigenvalue weighted by Gasteiger charge is -2.10. The predicted octanol–water partition coefficient (Wildman–Crippen LogP) is 4.05. The molecule has 1 N–H and O–H groups in total. The molecule has 0 atom stereocenters. The van der Waals surface area contributed by atoms with Crippen LogP contribution in [0.4, 0.5) is 10.1 Å². The van der Waals surface area contributed by atoms with E-state index in [-0.39, 0.29) is 20.1 Å². The van der Waals surface area contributed by atoms with Gasteiger partial charge in [0, 0.05) is 0 Å². The first-order valence-corrected chi connectivity index (χ1v) is 8.30. The van der Waals surface area contributed by atoms with Crippen LogP contribution in [0.2, 0.25) is 5.02 Å². The van der Waals surface area contributed by atoms with Gasteiger partial charge in [-0.25, -0.2) is 12.8 Å².